The normalized spacial score (nSPS) is 20.6. The molecule has 0 saturated carbocycles. The van der Waals surface area contributed by atoms with Gasteiger partial charge >= 0.3 is 0 Å². The van der Waals surface area contributed by atoms with Crippen LogP contribution >= 0.6 is 15.9 Å². The van der Waals surface area contributed by atoms with Gasteiger partial charge in [-0.3, -0.25) is 0 Å². The summed E-state index contributed by atoms with van der Waals surface area (Å²) in [4.78, 5) is 11.0. The molecule has 0 amide bonds. The number of anilines is 1. The SMILES string of the molecule is CCOC1CCCN(c2ncc(CBr)cn2)C1. The number of piperidine rings is 1. The Morgan fingerprint density at radius 2 is 2.24 bits per heavy atom. The molecule has 94 valence electrons. The van der Waals surface area contributed by atoms with Crippen molar-refractivity contribution < 1.29 is 4.74 Å². The maximum absolute atomic E-state index is 5.67. The Morgan fingerprint density at radius 3 is 2.88 bits per heavy atom. The van der Waals surface area contributed by atoms with Crippen LogP contribution in [0.4, 0.5) is 5.95 Å². The Balaban J connectivity index is 2.00. The molecule has 17 heavy (non-hydrogen) atoms. The predicted octanol–water partition coefficient (Wildman–Crippen LogP) is 2.38. The molecule has 1 aliphatic heterocycles. The zero-order valence-electron chi connectivity index (χ0n) is 10.1. The highest BCUT2D eigenvalue weighted by atomic mass is 79.9. The molecule has 1 atom stereocenters. The lowest BCUT2D eigenvalue weighted by Crippen LogP contribution is -2.40. The van der Waals surface area contributed by atoms with E-state index in [1.165, 1.54) is 0 Å². The van der Waals surface area contributed by atoms with Gasteiger partial charge in [0.25, 0.3) is 0 Å². The maximum atomic E-state index is 5.67. The Bertz CT molecular complexity index is 342. The third kappa shape index (κ3) is 3.39. The third-order valence-electron chi connectivity index (χ3n) is 2.91. The molecule has 1 fully saturated rings. The van der Waals surface area contributed by atoms with Gasteiger partial charge in [-0.25, -0.2) is 9.97 Å². The molecule has 1 unspecified atom stereocenters. The van der Waals surface area contributed by atoms with Gasteiger partial charge in [-0.05, 0) is 25.3 Å². The van der Waals surface area contributed by atoms with E-state index in [2.05, 4.69) is 30.8 Å². The molecule has 2 heterocycles. The van der Waals surface area contributed by atoms with Gasteiger partial charge < -0.3 is 9.64 Å². The van der Waals surface area contributed by atoms with Crippen molar-refractivity contribution in [2.45, 2.75) is 31.2 Å². The van der Waals surface area contributed by atoms with Crippen LogP contribution < -0.4 is 4.90 Å². The number of hydrogen-bond acceptors (Lipinski definition) is 4. The first-order chi connectivity index (χ1) is 8.33. The van der Waals surface area contributed by atoms with E-state index in [1.54, 1.807) is 0 Å². The molecule has 0 N–H and O–H groups in total. The lowest BCUT2D eigenvalue weighted by molar-refractivity contribution is 0.0523. The van der Waals surface area contributed by atoms with Crippen molar-refractivity contribution in [1.82, 2.24) is 9.97 Å². The second-order valence-corrected chi connectivity index (χ2v) is 4.75. The molecular formula is C12H18BrN3O. The summed E-state index contributed by atoms with van der Waals surface area (Å²) in [5, 5.41) is 0.800. The highest BCUT2D eigenvalue weighted by Gasteiger charge is 2.21. The molecule has 0 bridgehead atoms. The molecule has 0 spiro atoms. The molecule has 1 aromatic rings. The second kappa shape index (κ2) is 6.31. The number of rotatable bonds is 4. The van der Waals surface area contributed by atoms with E-state index < -0.39 is 0 Å². The summed E-state index contributed by atoms with van der Waals surface area (Å²) in [5.74, 6) is 0.819. The summed E-state index contributed by atoms with van der Waals surface area (Å²) in [6, 6.07) is 0. The fraction of sp³-hybridized carbons (Fsp3) is 0.667. The molecule has 0 aliphatic carbocycles. The van der Waals surface area contributed by atoms with Crippen LogP contribution in [0.5, 0.6) is 0 Å². The van der Waals surface area contributed by atoms with Gasteiger partial charge in [0, 0.05) is 37.4 Å². The monoisotopic (exact) mass is 299 g/mol. The van der Waals surface area contributed by atoms with Gasteiger partial charge in [0.2, 0.25) is 5.95 Å². The number of ether oxygens (including phenoxy) is 1. The Labute approximate surface area is 111 Å². The van der Waals surface area contributed by atoms with Crippen molar-refractivity contribution in [3.8, 4) is 0 Å². The molecule has 4 nitrogen and oxygen atoms in total. The highest BCUT2D eigenvalue weighted by molar-refractivity contribution is 9.08. The lowest BCUT2D eigenvalue weighted by Gasteiger charge is -2.32. The van der Waals surface area contributed by atoms with E-state index in [9.17, 15) is 0 Å². The van der Waals surface area contributed by atoms with Crippen molar-refractivity contribution >= 4 is 21.9 Å². The van der Waals surface area contributed by atoms with Crippen molar-refractivity contribution in [2.24, 2.45) is 0 Å². The van der Waals surface area contributed by atoms with Crippen molar-refractivity contribution in [2.75, 3.05) is 24.6 Å². The van der Waals surface area contributed by atoms with E-state index in [-0.39, 0.29) is 0 Å². The van der Waals surface area contributed by atoms with E-state index in [4.69, 9.17) is 4.74 Å². The molecule has 1 aromatic heterocycles. The zero-order chi connectivity index (χ0) is 12.1. The van der Waals surface area contributed by atoms with Crippen molar-refractivity contribution in [3.63, 3.8) is 0 Å². The lowest BCUT2D eigenvalue weighted by atomic mass is 10.1. The van der Waals surface area contributed by atoms with Crippen LogP contribution in [-0.4, -0.2) is 35.8 Å². The van der Waals surface area contributed by atoms with Gasteiger partial charge in [-0.2, -0.15) is 0 Å². The van der Waals surface area contributed by atoms with Crippen LogP contribution in [0.25, 0.3) is 0 Å². The summed E-state index contributed by atoms with van der Waals surface area (Å²) in [6.45, 7) is 4.75. The van der Waals surface area contributed by atoms with E-state index >= 15 is 0 Å². The standard InChI is InChI=1S/C12H18BrN3O/c1-2-17-11-4-3-5-16(9-11)12-14-7-10(6-13)8-15-12/h7-8,11H,2-6,9H2,1H3. The van der Waals surface area contributed by atoms with E-state index in [0.29, 0.717) is 6.10 Å². The zero-order valence-corrected chi connectivity index (χ0v) is 11.7. The maximum Gasteiger partial charge on any atom is 0.225 e. The minimum Gasteiger partial charge on any atom is -0.377 e. The smallest absolute Gasteiger partial charge is 0.225 e. The largest absolute Gasteiger partial charge is 0.377 e. The van der Waals surface area contributed by atoms with Gasteiger partial charge in [0.15, 0.2) is 0 Å². The second-order valence-electron chi connectivity index (χ2n) is 4.19. The van der Waals surface area contributed by atoms with E-state index in [1.807, 2.05) is 19.3 Å². The van der Waals surface area contributed by atoms with E-state index in [0.717, 1.165) is 49.4 Å². The average Bonchev–Trinajstić information content (AvgIpc) is 2.40. The molecule has 2 rings (SSSR count). The first-order valence-corrected chi connectivity index (χ1v) is 7.19. The number of nitrogens with zero attached hydrogens (tertiary/aromatic N) is 3. The number of alkyl halides is 1. The summed E-state index contributed by atoms with van der Waals surface area (Å²) in [6.07, 6.45) is 6.37. The Morgan fingerprint density at radius 1 is 1.47 bits per heavy atom. The Kier molecular flexibility index (Phi) is 4.74. The Hall–Kier alpha value is -0.680. The highest BCUT2D eigenvalue weighted by Crippen LogP contribution is 2.18. The molecule has 0 aromatic carbocycles. The molecule has 5 heteroatoms. The van der Waals surface area contributed by atoms with Crippen molar-refractivity contribution in [3.05, 3.63) is 18.0 Å². The van der Waals surface area contributed by atoms with Crippen molar-refractivity contribution in [1.29, 1.82) is 0 Å². The van der Waals surface area contributed by atoms with Gasteiger partial charge in [0.1, 0.15) is 0 Å². The first kappa shape index (κ1) is 12.8. The minimum absolute atomic E-state index is 0.327. The summed E-state index contributed by atoms with van der Waals surface area (Å²) >= 11 is 3.39. The summed E-state index contributed by atoms with van der Waals surface area (Å²) < 4.78 is 5.67. The average molecular weight is 300 g/mol. The van der Waals surface area contributed by atoms with Crippen LogP contribution in [-0.2, 0) is 10.1 Å². The van der Waals surface area contributed by atoms with Crippen LogP contribution in [0.2, 0.25) is 0 Å². The predicted molar refractivity (Wildman–Crippen MR) is 71.5 cm³/mol. The first-order valence-electron chi connectivity index (χ1n) is 6.07. The van der Waals surface area contributed by atoms with Crippen LogP contribution in [0, 0.1) is 0 Å². The molecule has 1 saturated heterocycles. The topological polar surface area (TPSA) is 38.2 Å². The number of aromatic nitrogens is 2. The molecule has 1 aliphatic rings. The van der Waals surface area contributed by atoms with Gasteiger partial charge in [-0.1, -0.05) is 15.9 Å². The third-order valence-corrected chi connectivity index (χ3v) is 3.56. The minimum atomic E-state index is 0.327. The molecular weight excluding hydrogens is 282 g/mol. The summed E-state index contributed by atoms with van der Waals surface area (Å²) in [7, 11) is 0. The van der Waals surface area contributed by atoms with Gasteiger partial charge in [0.05, 0.1) is 6.10 Å². The quantitative estimate of drug-likeness (QED) is 0.800. The molecule has 0 radical (unpaired) electrons. The number of hydrogen-bond donors (Lipinski definition) is 0. The summed E-state index contributed by atoms with van der Waals surface area (Å²) in [5.41, 5.74) is 1.10. The van der Waals surface area contributed by atoms with Gasteiger partial charge in [-0.15, -0.1) is 0 Å². The fourth-order valence-electron chi connectivity index (χ4n) is 2.07. The van der Waals surface area contributed by atoms with Crippen LogP contribution in [0.1, 0.15) is 25.3 Å². The number of halogens is 1. The van der Waals surface area contributed by atoms with Crippen LogP contribution in [0.3, 0.4) is 0 Å². The van der Waals surface area contributed by atoms with Crippen LogP contribution in [0.15, 0.2) is 12.4 Å². The fourth-order valence-corrected chi connectivity index (χ4v) is 2.36.